The second kappa shape index (κ2) is 7.24. The number of piperidine rings is 1. The molecular formula is C17H35N3. The molecule has 0 atom stereocenters. The quantitative estimate of drug-likeness (QED) is 0.812. The van der Waals surface area contributed by atoms with Gasteiger partial charge in [-0.15, -0.1) is 0 Å². The lowest BCUT2D eigenvalue weighted by atomic mass is 9.85. The lowest BCUT2D eigenvalue weighted by Gasteiger charge is -2.48. The maximum atomic E-state index is 6.20. The van der Waals surface area contributed by atoms with Gasteiger partial charge in [-0.2, -0.15) is 0 Å². The summed E-state index contributed by atoms with van der Waals surface area (Å²) in [4.78, 5) is 5.25. The zero-order valence-electron chi connectivity index (χ0n) is 13.9. The highest BCUT2D eigenvalue weighted by Crippen LogP contribution is 2.31. The normalized spacial score (nSPS) is 24.9. The molecule has 2 fully saturated rings. The van der Waals surface area contributed by atoms with E-state index < -0.39 is 0 Å². The molecule has 1 aliphatic carbocycles. The van der Waals surface area contributed by atoms with Crippen LogP contribution in [0.4, 0.5) is 0 Å². The second-order valence-electron chi connectivity index (χ2n) is 7.65. The highest BCUT2D eigenvalue weighted by molar-refractivity contribution is 4.96. The molecule has 0 aromatic rings. The van der Waals surface area contributed by atoms with Gasteiger partial charge in [-0.1, -0.05) is 26.7 Å². The van der Waals surface area contributed by atoms with Crippen LogP contribution in [0.2, 0.25) is 0 Å². The molecule has 0 aromatic heterocycles. The van der Waals surface area contributed by atoms with Gasteiger partial charge in [0, 0.05) is 25.2 Å². The summed E-state index contributed by atoms with van der Waals surface area (Å²) in [6.45, 7) is 10.4. The van der Waals surface area contributed by atoms with Gasteiger partial charge in [-0.25, -0.2) is 0 Å². The Morgan fingerprint density at radius 3 is 2.30 bits per heavy atom. The molecule has 3 heteroatoms. The molecule has 118 valence electrons. The standard InChI is InChI=1S/C17H35N3/c1-15(2)12-20-10-8-17(14-18,9-11-20)19(3)13-16-6-4-5-7-16/h15-16H,4-14,18H2,1-3H3. The highest BCUT2D eigenvalue weighted by Gasteiger charge is 2.37. The van der Waals surface area contributed by atoms with E-state index >= 15 is 0 Å². The van der Waals surface area contributed by atoms with Crippen molar-refractivity contribution in [3.63, 3.8) is 0 Å². The molecule has 0 spiro atoms. The molecule has 1 aliphatic heterocycles. The summed E-state index contributed by atoms with van der Waals surface area (Å²) in [6.07, 6.45) is 8.25. The van der Waals surface area contributed by atoms with Gasteiger partial charge in [0.1, 0.15) is 0 Å². The minimum Gasteiger partial charge on any atom is -0.329 e. The summed E-state index contributed by atoms with van der Waals surface area (Å²) in [5.74, 6) is 1.70. The SMILES string of the molecule is CC(C)CN1CCC(CN)(N(C)CC2CCCC2)CC1. The monoisotopic (exact) mass is 281 g/mol. The van der Waals surface area contributed by atoms with E-state index in [0.717, 1.165) is 18.4 Å². The van der Waals surface area contributed by atoms with Crippen LogP contribution in [0.3, 0.4) is 0 Å². The summed E-state index contributed by atoms with van der Waals surface area (Å²) in [7, 11) is 2.32. The van der Waals surface area contributed by atoms with Crippen LogP contribution in [0.5, 0.6) is 0 Å². The van der Waals surface area contributed by atoms with Crippen LogP contribution >= 0.6 is 0 Å². The van der Waals surface area contributed by atoms with Crippen LogP contribution in [0, 0.1) is 11.8 Å². The molecule has 0 amide bonds. The number of hydrogen-bond donors (Lipinski definition) is 1. The largest absolute Gasteiger partial charge is 0.329 e. The number of likely N-dealkylation sites (tertiary alicyclic amines) is 1. The number of hydrogen-bond acceptors (Lipinski definition) is 3. The Labute approximate surface area is 125 Å². The fourth-order valence-corrected chi connectivity index (χ4v) is 4.18. The Kier molecular flexibility index (Phi) is 5.88. The first-order valence-electron chi connectivity index (χ1n) is 8.69. The van der Waals surface area contributed by atoms with Crippen molar-refractivity contribution < 1.29 is 0 Å². The fraction of sp³-hybridized carbons (Fsp3) is 1.00. The zero-order valence-corrected chi connectivity index (χ0v) is 13.9. The van der Waals surface area contributed by atoms with Crippen LogP contribution in [-0.2, 0) is 0 Å². The molecular weight excluding hydrogens is 246 g/mol. The Morgan fingerprint density at radius 1 is 1.20 bits per heavy atom. The summed E-state index contributed by atoms with van der Waals surface area (Å²) >= 11 is 0. The molecule has 2 aliphatic rings. The van der Waals surface area contributed by atoms with Crippen LogP contribution in [0.15, 0.2) is 0 Å². The van der Waals surface area contributed by atoms with Crippen LogP contribution in [0.1, 0.15) is 52.4 Å². The Hall–Kier alpha value is -0.120. The van der Waals surface area contributed by atoms with Gasteiger partial charge in [0.25, 0.3) is 0 Å². The zero-order chi connectivity index (χ0) is 14.6. The van der Waals surface area contributed by atoms with Crippen molar-refractivity contribution in [3.8, 4) is 0 Å². The van der Waals surface area contributed by atoms with Crippen LogP contribution in [0.25, 0.3) is 0 Å². The van der Waals surface area contributed by atoms with Crippen LogP contribution < -0.4 is 5.73 Å². The lowest BCUT2D eigenvalue weighted by Crippen LogP contribution is -2.59. The maximum Gasteiger partial charge on any atom is 0.0353 e. The first kappa shape index (κ1) is 16.3. The molecule has 2 rings (SSSR count). The Bertz CT molecular complexity index is 276. The predicted octanol–water partition coefficient (Wildman–Crippen LogP) is 2.56. The van der Waals surface area contributed by atoms with E-state index in [1.165, 1.54) is 64.7 Å². The van der Waals surface area contributed by atoms with Gasteiger partial charge < -0.3 is 10.6 Å². The summed E-state index contributed by atoms with van der Waals surface area (Å²) in [5, 5.41) is 0. The van der Waals surface area contributed by atoms with E-state index in [-0.39, 0.29) is 5.54 Å². The summed E-state index contributed by atoms with van der Waals surface area (Å²) in [5.41, 5.74) is 6.47. The highest BCUT2D eigenvalue weighted by atomic mass is 15.2. The number of nitrogens with zero attached hydrogens (tertiary/aromatic N) is 2. The molecule has 0 aromatic carbocycles. The van der Waals surface area contributed by atoms with Gasteiger partial charge in [0.2, 0.25) is 0 Å². The first-order chi connectivity index (χ1) is 9.55. The smallest absolute Gasteiger partial charge is 0.0353 e. The molecule has 1 heterocycles. The number of rotatable bonds is 6. The van der Waals surface area contributed by atoms with E-state index in [2.05, 4.69) is 30.7 Å². The molecule has 0 radical (unpaired) electrons. The van der Waals surface area contributed by atoms with Crippen LogP contribution in [-0.4, -0.2) is 55.1 Å². The molecule has 20 heavy (non-hydrogen) atoms. The average molecular weight is 281 g/mol. The minimum absolute atomic E-state index is 0.274. The first-order valence-corrected chi connectivity index (χ1v) is 8.69. The summed E-state index contributed by atoms with van der Waals surface area (Å²) < 4.78 is 0. The van der Waals surface area contributed by atoms with E-state index in [1.807, 2.05) is 0 Å². The molecule has 0 bridgehead atoms. The molecule has 1 saturated carbocycles. The van der Waals surface area contributed by atoms with Crippen molar-refractivity contribution in [2.24, 2.45) is 17.6 Å². The van der Waals surface area contributed by atoms with Crippen molar-refractivity contribution >= 4 is 0 Å². The third kappa shape index (κ3) is 3.96. The molecule has 2 N–H and O–H groups in total. The van der Waals surface area contributed by atoms with Crippen molar-refractivity contribution in [2.45, 2.75) is 57.9 Å². The van der Waals surface area contributed by atoms with E-state index in [4.69, 9.17) is 5.73 Å². The topological polar surface area (TPSA) is 32.5 Å². The van der Waals surface area contributed by atoms with Crippen molar-refractivity contribution in [1.82, 2.24) is 9.80 Å². The predicted molar refractivity (Wildman–Crippen MR) is 86.9 cm³/mol. The number of nitrogens with two attached hydrogens (primary N) is 1. The minimum atomic E-state index is 0.274. The van der Waals surface area contributed by atoms with Crippen molar-refractivity contribution in [3.05, 3.63) is 0 Å². The fourth-order valence-electron chi connectivity index (χ4n) is 4.18. The Morgan fingerprint density at radius 2 is 1.80 bits per heavy atom. The van der Waals surface area contributed by atoms with E-state index in [9.17, 15) is 0 Å². The third-order valence-corrected chi connectivity index (χ3v) is 5.61. The van der Waals surface area contributed by atoms with Gasteiger partial charge >= 0.3 is 0 Å². The van der Waals surface area contributed by atoms with E-state index in [1.54, 1.807) is 0 Å². The number of likely N-dealkylation sites (N-methyl/N-ethyl adjacent to an activating group) is 1. The average Bonchev–Trinajstić information content (AvgIpc) is 2.92. The second-order valence-corrected chi connectivity index (χ2v) is 7.65. The van der Waals surface area contributed by atoms with Crippen molar-refractivity contribution in [1.29, 1.82) is 0 Å². The molecule has 1 saturated heterocycles. The van der Waals surface area contributed by atoms with Gasteiger partial charge in [0.15, 0.2) is 0 Å². The lowest BCUT2D eigenvalue weighted by molar-refractivity contribution is 0.0322. The van der Waals surface area contributed by atoms with Gasteiger partial charge in [0.05, 0.1) is 0 Å². The molecule has 3 nitrogen and oxygen atoms in total. The van der Waals surface area contributed by atoms with Crippen molar-refractivity contribution in [2.75, 3.05) is 39.8 Å². The Balaban J connectivity index is 1.86. The maximum absolute atomic E-state index is 6.20. The summed E-state index contributed by atoms with van der Waals surface area (Å²) in [6, 6.07) is 0. The molecule has 0 unspecified atom stereocenters. The van der Waals surface area contributed by atoms with Gasteiger partial charge in [-0.05, 0) is 57.7 Å². The third-order valence-electron chi connectivity index (χ3n) is 5.61. The van der Waals surface area contributed by atoms with Gasteiger partial charge in [-0.3, -0.25) is 4.90 Å². The van der Waals surface area contributed by atoms with E-state index in [0.29, 0.717) is 0 Å².